The first kappa shape index (κ1) is 16.2. The Morgan fingerprint density at radius 1 is 1.36 bits per heavy atom. The molecule has 0 unspecified atom stereocenters. The van der Waals surface area contributed by atoms with E-state index < -0.39 is 11.3 Å². The molecule has 9 heteroatoms. The average molecular weight is 322 g/mol. The van der Waals surface area contributed by atoms with Crippen molar-refractivity contribution in [3.63, 3.8) is 0 Å². The van der Waals surface area contributed by atoms with Crippen LogP contribution in [0.1, 0.15) is 25.4 Å². The third kappa shape index (κ3) is 3.53. The van der Waals surface area contributed by atoms with E-state index in [0.717, 1.165) is 11.5 Å². The molecule has 2 aromatic rings. The van der Waals surface area contributed by atoms with E-state index >= 15 is 0 Å². The standard InChI is InChI=1S/C13H18N6O2S/c1-5-14-12(21)16-11(20)8(3)22-13-18-17-10-6-7(2)15-9(4)19(10)13/h6,8H,5H2,1-4H3,(H2,14,16,20,21)/t8-/m1/s1. The third-order valence-corrected chi connectivity index (χ3v) is 3.93. The summed E-state index contributed by atoms with van der Waals surface area (Å²) in [6.45, 7) is 7.68. The van der Waals surface area contributed by atoms with Crippen LogP contribution in [0.5, 0.6) is 0 Å². The number of nitrogens with zero attached hydrogens (tertiary/aromatic N) is 4. The minimum Gasteiger partial charge on any atom is -0.338 e. The van der Waals surface area contributed by atoms with Crippen molar-refractivity contribution in [1.29, 1.82) is 0 Å². The topological polar surface area (TPSA) is 101 Å². The summed E-state index contributed by atoms with van der Waals surface area (Å²) in [4.78, 5) is 27.7. The van der Waals surface area contributed by atoms with Crippen molar-refractivity contribution in [1.82, 2.24) is 30.2 Å². The molecule has 2 rings (SSSR count). The molecule has 8 nitrogen and oxygen atoms in total. The number of thioether (sulfide) groups is 1. The molecule has 2 aromatic heterocycles. The quantitative estimate of drug-likeness (QED) is 0.817. The lowest BCUT2D eigenvalue weighted by Gasteiger charge is -2.11. The van der Waals surface area contributed by atoms with E-state index in [0.29, 0.717) is 17.3 Å². The molecule has 2 N–H and O–H groups in total. The Morgan fingerprint density at radius 2 is 2.09 bits per heavy atom. The molecule has 0 saturated carbocycles. The number of carbonyl (C=O) groups excluding carboxylic acids is 2. The Labute approximate surface area is 132 Å². The van der Waals surface area contributed by atoms with E-state index in [1.807, 2.05) is 19.9 Å². The van der Waals surface area contributed by atoms with Crippen molar-refractivity contribution < 1.29 is 9.59 Å². The van der Waals surface area contributed by atoms with Crippen LogP contribution in [0.3, 0.4) is 0 Å². The largest absolute Gasteiger partial charge is 0.338 e. The zero-order chi connectivity index (χ0) is 16.3. The van der Waals surface area contributed by atoms with Gasteiger partial charge in [-0.3, -0.25) is 14.5 Å². The number of rotatable bonds is 4. The number of amides is 3. The van der Waals surface area contributed by atoms with Crippen LogP contribution in [0.15, 0.2) is 11.2 Å². The number of carbonyl (C=O) groups is 2. The number of aryl methyl sites for hydroxylation is 2. The van der Waals surface area contributed by atoms with Crippen LogP contribution in [-0.4, -0.2) is 43.3 Å². The Hall–Kier alpha value is -2.16. The molecular formula is C13H18N6O2S. The van der Waals surface area contributed by atoms with Crippen LogP contribution in [-0.2, 0) is 4.79 Å². The van der Waals surface area contributed by atoms with Gasteiger partial charge in [-0.05, 0) is 27.7 Å². The highest BCUT2D eigenvalue weighted by atomic mass is 32.2. The first-order chi connectivity index (χ1) is 10.4. The second-order valence-corrected chi connectivity index (χ2v) is 6.04. The van der Waals surface area contributed by atoms with Crippen LogP contribution in [0.4, 0.5) is 4.79 Å². The SMILES string of the molecule is CCNC(=O)NC(=O)[C@@H](C)Sc1nnc2cc(C)nc(C)n12. The summed E-state index contributed by atoms with van der Waals surface area (Å²) in [6, 6.07) is 1.32. The molecule has 0 aliphatic heterocycles. The molecule has 3 amide bonds. The summed E-state index contributed by atoms with van der Waals surface area (Å²) >= 11 is 1.23. The van der Waals surface area contributed by atoms with Crippen molar-refractivity contribution in [2.24, 2.45) is 0 Å². The lowest BCUT2D eigenvalue weighted by molar-refractivity contribution is -0.119. The lowest BCUT2D eigenvalue weighted by Crippen LogP contribution is -2.42. The Morgan fingerprint density at radius 3 is 2.77 bits per heavy atom. The van der Waals surface area contributed by atoms with E-state index in [2.05, 4.69) is 25.8 Å². The highest BCUT2D eigenvalue weighted by molar-refractivity contribution is 8.00. The monoisotopic (exact) mass is 322 g/mol. The van der Waals surface area contributed by atoms with Gasteiger partial charge in [0.2, 0.25) is 5.91 Å². The van der Waals surface area contributed by atoms with Gasteiger partial charge >= 0.3 is 6.03 Å². The van der Waals surface area contributed by atoms with Crippen LogP contribution >= 0.6 is 11.8 Å². The van der Waals surface area contributed by atoms with Crippen LogP contribution in [0, 0.1) is 13.8 Å². The van der Waals surface area contributed by atoms with E-state index in [9.17, 15) is 9.59 Å². The number of urea groups is 1. The number of imide groups is 1. The van der Waals surface area contributed by atoms with Gasteiger partial charge in [0.05, 0.1) is 5.25 Å². The maximum atomic E-state index is 12.0. The number of nitrogens with one attached hydrogen (secondary N) is 2. The second kappa shape index (κ2) is 6.73. The van der Waals surface area contributed by atoms with Crippen LogP contribution < -0.4 is 10.6 Å². The summed E-state index contributed by atoms with van der Waals surface area (Å²) in [5, 5.41) is 13.0. The maximum Gasteiger partial charge on any atom is 0.321 e. The number of aromatic nitrogens is 4. The van der Waals surface area contributed by atoms with Gasteiger partial charge in [0, 0.05) is 18.3 Å². The minimum absolute atomic E-state index is 0.384. The number of hydrogen-bond donors (Lipinski definition) is 2. The number of hydrogen-bond acceptors (Lipinski definition) is 6. The molecule has 0 bridgehead atoms. The molecule has 22 heavy (non-hydrogen) atoms. The molecule has 0 fully saturated rings. The summed E-state index contributed by atoms with van der Waals surface area (Å²) in [7, 11) is 0. The molecule has 0 saturated heterocycles. The van der Waals surface area contributed by atoms with E-state index in [1.165, 1.54) is 11.8 Å². The molecule has 0 aromatic carbocycles. The molecule has 0 aliphatic rings. The van der Waals surface area contributed by atoms with Gasteiger partial charge in [0.25, 0.3) is 0 Å². The molecule has 2 heterocycles. The molecular weight excluding hydrogens is 304 g/mol. The lowest BCUT2D eigenvalue weighted by atomic mass is 10.4. The highest BCUT2D eigenvalue weighted by Gasteiger charge is 2.20. The van der Waals surface area contributed by atoms with E-state index in [1.54, 1.807) is 18.2 Å². The normalized spacial score (nSPS) is 12.2. The fourth-order valence-electron chi connectivity index (χ4n) is 1.91. The summed E-state index contributed by atoms with van der Waals surface area (Å²) in [5.41, 5.74) is 1.54. The summed E-state index contributed by atoms with van der Waals surface area (Å²) in [5.74, 6) is 0.365. The van der Waals surface area contributed by atoms with Gasteiger partial charge in [0.1, 0.15) is 5.82 Å². The fraction of sp³-hybridized carbons (Fsp3) is 0.462. The zero-order valence-electron chi connectivity index (χ0n) is 12.9. The number of fused-ring (bicyclic) bond motifs is 1. The summed E-state index contributed by atoms with van der Waals surface area (Å²) < 4.78 is 1.79. The van der Waals surface area contributed by atoms with Gasteiger partial charge in [-0.15, -0.1) is 10.2 Å². The minimum atomic E-state index is -0.500. The Kier molecular flexibility index (Phi) is 4.96. The van der Waals surface area contributed by atoms with Gasteiger partial charge in [-0.2, -0.15) is 0 Å². The smallest absolute Gasteiger partial charge is 0.321 e. The highest BCUT2D eigenvalue weighted by Crippen LogP contribution is 2.23. The predicted molar refractivity (Wildman–Crippen MR) is 82.8 cm³/mol. The predicted octanol–water partition coefficient (Wildman–Crippen LogP) is 1.07. The van der Waals surface area contributed by atoms with Crippen LogP contribution in [0.25, 0.3) is 5.65 Å². The van der Waals surface area contributed by atoms with Crippen molar-refractivity contribution in [3.05, 3.63) is 17.6 Å². The molecule has 1 atom stereocenters. The maximum absolute atomic E-state index is 12.0. The fourth-order valence-corrected chi connectivity index (χ4v) is 2.81. The van der Waals surface area contributed by atoms with Crippen LogP contribution in [0.2, 0.25) is 0 Å². The van der Waals surface area contributed by atoms with Crippen molar-refractivity contribution in [3.8, 4) is 0 Å². The average Bonchev–Trinajstić information content (AvgIpc) is 2.81. The van der Waals surface area contributed by atoms with Gasteiger partial charge in [-0.25, -0.2) is 9.78 Å². The van der Waals surface area contributed by atoms with Crippen molar-refractivity contribution in [2.45, 2.75) is 38.1 Å². The van der Waals surface area contributed by atoms with Crippen molar-refractivity contribution >= 4 is 29.3 Å². The first-order valence-electron chi connectivity index (χ1n) is 6.87. The van der Waals surface area contributed by atoms with E-state index in [-0.39, 0.29) is 5.91 Å². The molecule has 0 spiro atoms. The zero-order valence-corrected chi connectivity index (χ0v) is 13.7. The van der Waals surface area contributed by atoms with Gasteiger partial charge < -0.3 is 5.32 Å². The Bertz CT molecular complexity index is 714. The van der Waals surface area contributed by atoms with Crippen molar-refractivity contribution in [2.75, 3.05) is 6.54 Å². The summed E-state index contributed by atoms with van der Waals surface area (Å²) in [6.07, 6.45) is 0. The molecule has 0 aliphatic carbocycles. The Balaban J connectivity index is 2.13. The van der Waals surface area contributed by atoms with Gasteiger partial charge in [-0.1, -0.05) is 11.8 Å². The second-order valence-electron chi connectivity index (χ2n) is 4.73. The van der Waals surface area contributed by atoms with E-state index in [4.69, 9.17) is 0 Å². The molecule has 118 valence electrons. The van der Waals surface area contributed by atoms with Gasteiger partial charge in [0.15, 0.2) is 10.8 Å². The first-order valence-corrected chi connectivity index (χ1v) is 7.75. The third-order valence-electron chi connectivity index (χ3n) is 2.88. The molecule has 0 radical (unpaired) electrons.